The Morgan fingerprint density at radius 1 is 1.07 bits per heavy atom. The van der Waals surface area contributed by atoms with Crippen molar-refractivity contribution in [1.82, 2.24) is 0 Å². The first-order valence-corrected chi connectivity index (χ1v) is 12.4. The summed E-state index contributed by atoms with van der Waals surface area (Å²) in [6, 6.07) is 4.68. The summed E-state index contributed by atoms with van der Waals surface area (Å²) in [6.45, 7) is 15.4. The molecule has 27 heavy (non-hydrogen) atoms. The van der Waals surface area contributed by atoms with Gasteiger partial charge in [0.15, 0.2) is 0 Å². The molecule has 0 aromatic carbocycles. The van der Waals surface area contributed by atoms with E-state index in [0.29, 0.717) is 0 Å². The van der Waals surface area contributed by atoms with Crippen LogP contribution in [-0.4, -0.2) is 8.07 Å². The van der Waals surface area contributed by atoms with Gasteiger partial charge in [-0.2, -0.15) is 16.3 Å². The van der Waals surface area contributed by atoms with Crippen LogP contribution in [0.2, 0.25) is 18.1 Å². The van der Waals surface area contributed by atoms with Gasteiger partial charge in [-0.1, -0.05) is 84.4 Å². The number of halogens is 2. The first-order chi connectivity index (χ1) is 11.2. The van der Waals surface area contributed by atoms with Gasteiger partial charge in [0, 0.05) is 0 Å². The van der Waals surface area contributed by atoms with Gasteiger partial charge in [0.1, 0.15) is 0 Å². The summed E-state index contributed by atoms with van der Waals surface area (Å²) in [5.74, 6) is 0. The van der Waals surface area contributed by atoms with Crippen molar-refractivity contribution in [3.63, 3.8) is 0 Å². The molecule has 1 saturated heterocycles. The Morgan fingerprint density at radius 2 is 1.67 bits per heavy atom. The second-order valence-corrected chi connectivity index (χ2v) is 13.2. The molecular formula is C23H36Cl2SiZr. The van der Waals surface area contributed by atoms with Crippen molar-refractivity contribution >= 4 is 8.07 Å². The Morgan fingerprint density at radius 3 is 1.93 bits per heavy atom. The van der Waals surface area contributed by atoms with E-state index in [1.807, 2.05) is 0 Å². The molecule has 0 radical (unpaired) electrons. The second kappa shape index (κ2) is 12.4. The van der Waals surface area contributed by atoms with Crippen LogP contribution in [0.3, 0.4) is 0 Å². The maximum atomic E-state index is 3.64. The molecule has 3 rings (SSSR count). The minimum atomic E-state index is -0.919. The van der Waals surface area contributed by atoms with E-state index in [9.17, 15) is 0 Å². The first kappa shape index (κ1) is 29.8. The van der Waals surface area contributed by atoms with Gasteiger partial charge in [-0.05, 0) is 0 Å². The smallest absolute Gasteiger partial charge is 1.00 e. The van der Waals surface area contributed by atoms with Crippen LogP contribution in [0, 0.1) is 17.6 Å². The summed E-state index contributed by atoms with van der Waals surface area (Å²) < 4.78 is 0. The maximum absolute atomic E-state index is 3.64. The molecule has 1 heterocycles. The molecule has 1 aliphatic heterocycles. The van der Waals surface area contributed by atoms with Crippen LogP contribution in [0.4, 0.5) is 0 Å². The molecule has 0 nitrogen and oxygen atoms in total. The van der Waals surface area contributed by atoms with E-state index in [4.69, 9.17) is 0 Å². The number of hydrogen-bond acceptors (Lipinski definition) is 0. The zero-order valence-electron chi connectivity index (χ0n) is 18.3. The second-order valence-electron chi connectivity index (χ2n) is 8.56. The van der Waals surface area contributed by atoms with Crippen molar-refractivity contribution in [3.05, 3.63) is 45.7 Å². The van der Waals surface area contributed by atoms with E-state index in [-0.39, 0.29) is 56.4 Å². The summed E-state index contributed by atoms with van der Waals surface area (Å²) in [6.07, 6.45) is 15.0. The third-order valence-electron chi connectivity index (χ3n) is 6.48. The van der Waals surface area contributed by atoms with Gasteiger partial charge < -0.3 is 24.8 Å². The third kappa shape index (κ3) is 7.13. The SMILES string of the molecule is CC1=[C-]C(C)(C)C(C)=C1C.CCCC[Si]1(C2=[C-]C(C)=CC2)CCC1.[Cl-].[Cl-].[Zr+4]. The summed E-state index contributed by atoms with van der Waals surface area (Å²) >= 11 is 0. The average molecular weight is 503 g/mol. The summed E-state index contributed by atoms with van der Waals surface area (Å²) in [4.78, 5) is 0. The molecular weight excluding hydrogens is 466 g/mol. The quantitative estimate of drug-likeness (QED) is 0.403. The molecule has 0 amide bonds. The fraction of sp³-hybridized carbons (Fsp3) is 0.652. The topological polar surface area (TPSA) is 0 Å². The van der Waals surface area contributed by atoms with Crippen LogP contribution in [0.15, 0.2) is 33.6 Å². The molecule has 0 unspecified atom stereocenters. The van der Waals surface area contributed by atoms with Crippen molar-refractivity contribution in [2.75, 3.05) is 0 Å². The van der Waals surface area contributed by atoms with Crippen molar-refractivity contribution in [1.29, 1.82) is 0 Å². The zero-order chi connectivity index (χ0) is 18.0. The molecule has 3 aliphatic rings. The third-order valence-corrected chi connectivity index (χ3v) is 12.0. The van der Waals surface area contributed by atoms with Gasteiger partial charge in [-0.25, -0.2) is 17.2 Å². The average Bonchev–Trinajstić information content (AvgIpc) is 2.98. The van der Waals surface area contributed by atoms with Gasteiger partial charge >= 0.3 is 26.2 Å². The predicted molar refractivity (Wildman–Crippen MR) is 109 cm³/mol. The fourth-order valence-corrected chi connectivity index (χ4v) is 8.81. The summed E-state index contributed by atoms with van der Waals surface area (Å²) in [5, 5.41) is 1.76. The fourth-order valence-electron chi connectivity index (χ4n) is 4.17. The van der Waals surface area contributed by atoms with E-state index >= 15 is 0 Å². The van der Waals surface area contributed by atoms with E-state index in [1.165, 1.54) is 48.0 Å². The van der Waals surface area contributed by atoms with Gasteiger partial charge in [0.2, 0.25) is 0 Å². The van der Waals surface area contributed by atoms with E-state index < -0.39 is 8.07 Å². The van der Waals surface area contributed by atoms with Gasteiger partial charge in [0.25, 0.3) is 0 Å². The van der Waals surface area contributed by atoms with Crippen LogP contribution in [0.5, 0.6) is 0 Å². The molecule has 0 saturated carbocycles. The van der Waals surface area contributed by atoms with Gasteiger partial charge in [-0.15, -0.1) is 13.3 Å². The van der Waals surface area contributed by atoms with Gasteiger partial charge in [-0.3, -0.25) is 12.2 Å². The number of rotatable bonds is 4. The molecule has 0 N–H and O–H groups in total. The van der Waals surface area contributed by atoms with E-state index in [0.717, 1.165) is 0 Å². The zero-order valence-corrected chi connectivity index (χ0v) is 23.3. The molecule has 4 heteroatoms. The van der Waals surface area contributed by atoms with E-state index in [2.05, 4.69) is 66.7 Å². The van der Waals surface area contributed by atoms with Crippen LogP contribution >= 0.6 is 0 Å². The Bertz CT molecular complexity index is 608. The monoisotopic (exact) mass is 500 g/mol. The van der Waals surface area contributed by atoms with Gasteiger partial charge in [0.05, 0.1) is 8.07 Å². The van der Waals surface area contributed by atoms with Crippen molar-refractivity contribution in [3.8, 4) is 0 Å². The largest absolute Gasteiger partial charge is 4.00 e. The van der Waals surface area contributed by atoms with Crippen LogP contribution in [-0.2, 0) is 26.2 Å². The molecule has 0 aromatic heterocycles. The number of allylic oxidation sites excluding steroid dienone is 8. The number of unbranched alkanes of at least 4 members (excludes halogenated alkanes) is 1. The minimum absolute atomic E-state index is 0. The first-order valence-electron chi connectivity index (χ1n) is 9.82. The standard InChI is InChI=1S/C13H21Si.C10H15.2ClH.Zr/c1-3-4-8-14(9-5-10-14)13-7-6-12(2)11-13;1-7-6-10(4,5)9(3)8(7)2;;;/h6H,3-5,7-10H2,1-2H3;1-5H3;2*1H;/q2*-1;;;+4/p-2. The van der Waals surface area contributed by atoms with Crippen molar-refractivity contribution < 1.29 is 51.0 Å². The molecule has 0 bridgehead atoms. The Labute approximate surface area is 201 Å². The number of hydrogen-bond donors (Lipinski definition) is 0. The Kier molecular flexibility index (Phi) is 13.7. The molecule has 0 spiro atoms. The maximum Gasteiger partial charge on any atom is 4.00 e. The molecule has 1 fully saturated rings. The Balaban J connectivity index is 0. The Hall–Kier alpha value is 0.640. The minimum Gasteiger partial charge on any atom is -1.00 e. The van der Waals surface area contributed by atoms with Crippen molar-refractivity contribution in [2.45, 2.75) is 92.3 Å². The molecule has 150 valence electrons. The van der Waals surface area contributed by atoms with E-state index in [1.54, 1.807) is 23.3 Å². The predicted octanol–water partition coefficient (Wildman–Crippen LogP) is 1.38. The molecule has 0 atom stereocenters. The van der Waals surface area contributed by atoms with Crippen molar-refractivity contribution in [2.24, 2.45) is 5.41 Å². The van der Waals surface area contributed by atoms with Crippen LogP contribution in [0.25, 0.3) is 0 Å². The normalized spacial score (nSPS) is 21.2. The van der Waals surface area contributed by atoms with Crippen LogP contribution < -0.4 is 24.8 Å². The summed E-state index contributed by atoms with van der Waals surface area (Å²) in [5.41, 5.74) is 5.79. The summed E-state index contributed by atoms with van der Waals surface area (Å²) in [7, 11) is -0.919. The van der Waals surface area contributed by atoms with Crippen LogP contribution in [0.1, 0.15) is 74.1 Å². The molecule has 2 aliphatic carbocycles. The molecule has 0 aromatic rings.